The second kappa shape index (κ2) is 5.17. The van der Waals surface area contributed by atoms with Crippen LogP contribution in [0, 0.1) is 11.6 Å². The van der Waals surface area contributed by atoms with Crippen molar-refractivity contribution in [1.82, 2.24) is 5.32 Å². The van der Waals surface area contributed by atoms with Crippen LogP contribution in [0.25, 0.3) is 0 Å². The van der Waals surface area contributed by atoms with E-state index in [0.29, 0.717) is 24.0 Å². The first kappa shape index (κ1) is 13.0. The van der Waals surface area contributed by atoms with Crippen molar-refractivity contribution < 1.29 is 8.78 Å². The Morgan fingerprint density at radius 2 is 1.79 bits per heavy atom. The van der Waals surface area contributed by atoms with Gasteiger partial charge in [0.2, 0.25) is 0 Å². The second-order valence-corrected chi connectivity index (χ2v) is 5.90. The first-order chi connectivity index (χ1) is 9.13. The summed E-state index contributed by atoms with van der Waals surface area (Å²) in [5, 5.41) is 3.62. The lowest BCUT2D eigenvalue weighted by Crippen LogP contribution is -2.38. The van der Waals surface area contributed by atoms with Gasteiger partial charge >= 0.3 is 0 Å². The fraction of sp³-hybridized carbons (Fsp3) is 0.600. The Hall–Kier alpha value is -1.00. The Bertz CT molecular complexity index is 455. The highest BCUT2D eigenvalue weighted by molar-refractivity contribution is 5.29. The van der Waals surface area contributed by atoms with Gasteiger partial charge in [0.15, 0.2) is 11.6 Å². The minimum absolute atomic E-state index is 0.339. The number of nitrogens with two attached hydrogens (primary N) is 1. The third kappa shape index (κ3) is 2.95. The van der Waals surface area contributed by atoms with Gasteiger partial charge in [-0.25, -0.2) is 8.78 Å². The number of hydrogen-bond acceptors (Lipinski definition) is 2. The van der Waals surface area contributed by atoms with Gasteiger partial charge in [-0.2, -0.15) is 0 Å². The summed E-state index contributed by atoms with van der Waals surface area (Å²) >= 11 is 0. The molecule has 1 unspecified atom stereocenters. The van der Waals surface area contributed by atoms with Crippen LogP contribution >= 0.6 is 0 Å². The molecule has 0 radical (unpaired) electrons. The number of benzene rings is 1. The van der Waals surface area contributed by atoms with Crippen LogP contribution < -0.4 is 11.1 Å². The van der Waals surface area contributed by atoms with Crippen molar-refractivity contribution in [1.29, 1.82) is 0 Å². The average Bonchev–Trinajstić information content (AvgIpc) is 3.15. The standard InChI is InChI=1S/C15H20F2N2/c16-13-6-1-9(7-14(13)17)12-8-15(12)19-11-4-2-10(18)3-5-11/h1,6-7,10-12,15,19H,2-5,8,18H2/t10?,11?,12?,15-/m0/s1. The molecular formula is C15H20F2N2. The third-order valence-corrected chi connectivity index (χ3v) is 4.38. The van der Waals surface area contributed by atoms with Crippen LogP contribution in [0.4, 0.5) is 8.78 Å². The van der Waals surface area contributed by atoms with E-state index in [1.807, 2.05) is 0 Å². The van der Waals surface area contributed by atoms with Crippen LogP contribution in [0.3, 0.4) is 0 Å². The highest BCUT2D eigenvalue weighted by Gasteiger charge is 2.40. The summed E-state index contributed by atoms with van der Waals surface area (Å²) in [5.74, 6) is -1.17. The summed E-state index contributed by atoms with van der Waals surface area (Å²) in [6.07, 6.45) is 5.44. The predicted octanol–water partition coefficient (Wildman–Crippen LogP) is 2.68. The minimum atomic E-state index is -0.768. The van der Waals surface area contributed by atoms with E-state index in [1.165, 1.54) is 12.1 Å². The normalized spacial score (nSPS) is 34.3. The maximum Gasteiger partial charge on any atom is 0.159 e. The molecule has 2 aliphatic rings. The predicted molar refractivity (Wildman–Crippen MR) is 70.9 cm³/mol. The molecule has 1 aromatic carbocycles. The lowest BCUT2D eigenvalue weighted by molar-refractivity contribution is 0.339. The number of hydrogen-bond donors (Lipinski definition) is 2. The second-order valence-electron chi connectivity index (χ2n) is 5.90. The largest absolute Gasteiger partial charge is 0.328 e. The van der Waals surface area contributed by atoms with Crippen molar-refractivity contribution in [2.75, 3.05) is 0 Å². The van der Waals surface area contributed by atoms with Crippen molar-refractivity contribution in [3.63, 3.8) is 0 Å². The van der Waals surface area contributed by atoms with Crippen LogP contribution in [-0.2, 0) is 0 Å². The fourth-order valence-corrected chi connectivity index (χ4v) is 3.08. The van der Waals surface area contributed by atoms with Crippen LogP contribution in [0.1, 0.15) is 43.6 Å². The topological polar surface area (TPSA) is 38.0 Å². The van der Waals surface area contributed by atoms with Gasteiger partial charge in [-0.05, 0) is 49.8 Å². The van der Waals surface area contributed by atoms with Crippen LogP contribution in [0.15, 0.2) is 18.2 Å². The van der Waals surface area contributed by atoms with E-state index < -0.39 is 11.6 Å². The molecule has 3 rings (SSSR count). The van der Waals surface area contributed by atoms with Crippen molar-refractivity contribution >= 4 is 0 Å². The Morgan fingerprint density at radius 3 is 2.47 bits per heavy atom. The van der Waals surface area contributed by atoms with Crippen molar-refractivity contribution in [3.05, 3.63) is 35.4 Å². The van der Waals surface area contributed by atoms with Crippen LogP contribution in [0.2, 0.25) is 0 Å². The molecule has 0 aliphatic heterocycles. The van der Waals surface area contributed by atoms with E-state index in [1.54, 1.807) is 6.07 Å². The van der Waals surface area contributed by atoms with E-state index in [4.69, 9.17) is 5.73 Å². The maximum atomic E-state index is 13.2. The monoisotopic (exact) mass is 266 g/mol. The zero-order chi connectivity index (χ0) is 13.4. The average molecular weight is 266 g/mol. The Kier molecular flexibility index (Phi) is 3.54. The van der Waals surface area contributed by atoms with Gasteiger partial charge in [0.25, 0.3) is 0 Å². The SMILES string of the molecule is NC1CCC(N[C@H]2CC2c2ccc(F)c(F)c2)CC1. The van der Waals surface area contributed by atoms with Crippen molar-refractivity contribution in [2.45, 2.75) is 56.1 Å². The first-order valence-corrected chi connectivity index (χ1v) is 7.10. The van der Waals surface area contributed by atoms with E-state index in [0.717, 1.165) is 37.7 Å². The third-order valence-electron chi connectivity index (χ3n) is 4.38. The quantitative estimate of drug-likeness (QED) is 0.882. The highest BCUT2D eigenvalue weighted by Crippen LogP contribution is 2.42. The molecule has 0 bridgehead atoms. The maximum absolute atomic E-state index is 13.2. The molecular weight excluding hydrogens is 246 g/mol. The van der Waals surface area contributed by atoms with Crippen LogP contribution in [-0.4, -0.2) is 18.1 Å². The van der Waals surface area contributed by atoms with E-state index in [2.05, 4.69) is 5.32 Å². The highest BCUT2D eigenvalue weighted by atomic mass is 19.2. The van der Waals surface area contributed by atoms with Gasteiger partial charge in [0, 0.05) is 24.0 Å². The summed E-state index contributed by atoms with van der Waals surface area (Å²) in [5.41, 5.74) is 6.79. The zero-order valence-electron chi connectivity index (χ0n) is 10.9. The number of rotatable bonds is 3. The lowest BCUT2D eigenvalue weighted by atomic mass is 9.92. The van der Waals surface area contributed by atoms with Gasteiger partial charge in [0.1, 0.15) is 0 Å². The van der Waals surface area contributed by atoms with Gasteiger partial charge in [-0.3, -0.25) is 0 Å². The molecule has 1 aromatic rings. The number of halogens is 2. The first-order valence-electron chi connectivity index (χ1n) is 7.10. The summed E-state index contributed by atoms with van der Waals surface area (Å²) in [7, 11) is 0. The van der Waals surface area contributed by atoms with E-state index >= 15 is 0 Å². The molecule has 104 valence electrons. The smallest absolute Gasteiger partial charge is 0.159 e. The van der Waals surface area contributed by atoms with E-state index in [9.17, 15) is 8.78 Å². The van der Waals surface area contributed by atoms with E-state index in [-0.39, 0.29) is 0 Å². The molecule has 3 N–H and O–H groups in total. The molecule has 2 nitrogen and oxygen atoms in total. The van der Waals surface area contributed by atoms with Gasteiger partial charge in [0.05, 0.1) is 0 Å². The molecule has 0 amide bonds. The zero-order valence-corrected chi connectivity index (χ0v) is 10.9. The Balaban J connectivity index is 1.54. The van der Waals surface area contributed by atoms with Gasteiger partial charge in [-0.1, -0.05) is 6.07 Å². The molecule has 0 spiro atoms. The summed E-state index contributed by atoms with van der Waals surface area (Å²) in [6, 6.07) is 5.57. The minimum Gasteiger partial charge on any atom is -0.328 e. The molecule has 2 saturated carbocycles. The molecule has 2 fully saturated rings. The summed E-state index contributed by atoms with van der Waals surface area (Å²) in [4.78, 5) is 0. The molecule has 0 aromatic heterocycles. The Morgan fingerprint density at radius 1 is 1.05 bits per heavy atom. The molecule has 4 heteroatoms. The van der Waals surface area contributed by atoms with Crippen LogP contribution in [0.5, 0.6) is 0 Å². The fourth-order valence-electron chi connectivity index (χ4n) is 3.08. The molecule has 19 heavy (non-hydrogen) atoms. The summed E-state index contributed by atoms with van der Waals surface area (Å²) < 4.78 is 26.1. The summed E-state index contributed by atoms with van der Waals surface area (Å²) in [6.45, 7) is 0. The molecule has 0 saturated heterocycles. The van der Waals surface area contributed by atoms with Gasteiger partial charge in [-0.15, -0.1) is 0 Å². The number of nitrogens with one attached hydrogen (secondary N) is 1. The van der Waals surface area contributed by atoms with Gasteiger partial charge < -0.3 is 11.1 Å². The van der Waals surface area contributed by atoms with Crippen molar-refractivity contribution in [3.8, 4) is 0 Å². The molecule has 2 aliphatic carbocycles. The molecule has 0 heterocycles. The molecule has 2 atom stereocenters. The van der Waals surface area contributed by atoms with Crippen molar-refractivity contribution in [2.24, 2.45) is 5.73 Å². The lowest BCUT2D eigenvalue weighted by Gasteiger charge is -2.27. The Labute approximate surface area is 112 Å².